The lowest BCUT2D eigenvalue weighted by molar-refractivity contribution is -0.132. The Bertz CT molecular complexity index is 376. The van der Waals surface area contributed by atoms with Crippen molar-refractivity contribution in [1.29, 1.82) is 0 Å². The van der Waals surface area contributed by atoms with Gasteiger partial charge >= 0.3 is 0 Å². The maximum atomic E-state index is 12.3. The van der Waals surface area contributed by atoms with Crippen molar-refractivity contribution < 1.29 is 4.79 Å². The Kier molecular flexibility index (Phi) is 7.36. The Labute approximate surface area is 147 Å². The van der Waals surface area contributed by atoms with Crippen LogP contribution in [0.4, 0.5) is 0 Å². The molecule has 0 aromatic heterocycles. The Morgan fingerprint density at radius 2 is 1.58 bits per heavy atom. The fraction of sp³-hybridized carbons (Fsp3) is 0.947. The van der Waals surface area contributed by atoms with Crippen LogP contribution in [0.5, 0.6) is 0 Å². The van der Waals surface area contributed by atoms with Crippen LogP contribution >= 0.6 is 0 Å². The van der Waals surface area contributed by atoms with Gasteiger partial charge in [0.15, 0.2) is 0 Å². The molecule has 0 bridgehead atoms. The molecule has 0 aromatic carbocycles. The zero-order valence-electron chi connectivity index (χ0n) is 15.3. The maximum Gasteiger partial charge on any atom is 0.223 e. The van der Waals surface area contributed by atoms with E-state index in [1.54, 1.807) is 0 Å². The van der Waals surface area contributed by atoms with Crippen LogP contribution in [0.1, 0.15) is 44.9 Å². The molecule has 3 saturated heterocycles. The minimum Gasteiger partial charge on any atom is -0.340 e. The van der Waals surface area contributed by atoms with Gasteiger partial charge in [0, 0.05) is 52.2 Å². The molecule has 5 nitrogen and oxygen atoms in total. The predicted molar refractivity (Wildman–Crippen MR) is 98.1 cm³/mol. The highest BCUT2D eigenvalue weighted by atomic mass is 16.2. The van der Waals surface area contributed by atoms with Crippen molar-refractivity contribution >= 4 is 5.91 Å². The normalized spacial score (nSPS) is 27.8. The maximum absolute atomic E-state index is 12.3. The molecular formula is C19H36N4O. The first-order valence-electron chi connectivity index (χ1n) is 10.2. The summed E-state index contributed by atoms with van der Waals surface area (Å²) in [5, 5.41) is 3.32. The Hall–Kier alpha value is -0.650. The molecule has 0 radical (unpaired) electrons. The fourth-order valence-electron chi connectivity index (χ4n) is 4.51. The van der Waals surface area contributed by atoms with Crippen LogP contribution in [-0.2, 0) is 4.79 Å². The summed E-state index contributed by atoms with van der Waals surface area (Å²) in [7, 11) is 0. The molecule has 1 amide bonds. The van der Waals surface area contributed by atoms with E-state index < -0.39 is 0 Å². The number of rotatable bonds is 5. The van der Waals surface area contributed by atoms with Gasteiger partial charge in [-0.1, -0.05) is 12.8 Å². The number of piperidine rings is 1. The van der Waals surface area contributed by atoms with Crippen molar-refractivity contribution in [1.82, 2.24) is 20.0 Å². The van der Waals surface area contributed by atoms with Gasteiger partial charge in [0.05, 0.1) is 0 Å². The lowest BCUT2D eigenvalue weighted by Gasteiger charge is -2.36. The lowest BCUT2D eigenvalue weighted by Crippen LogP contribution is -2.47. The van der Waals surface area contributed by atoms with E-state index in [0.717, 1.165) is 38.6 Å². The van der Waals surface area contributed by atoms with Crippen molar-refractivity contribution in [2.45, 2.75) is 44.9 Å². The van der Waals surface area contributed by atoms with Crippen LogP contribution < -0.4 is 5.32 Å². The van der Waals surface area contributed by atoms with Gasteiger partial charge in [-0.3, -0.25) is 4.79 Å². The molecule has 1 atom stereocenters. The highest BCUT2D eigenvalue weighted by Crippen LogP contribution is 2.20. The number of carbonyl (C=O) groups is 1. The number of nitrogens with zero attached hydrogens (tertiary/aromatic N) is 3. The molecule has 5 heteroatoms. The summed E-state index contributed by atoms with van der Waals surface area (Å²) in [6, 6.07) is 0. The first-order valence-corrected chi connectivity index (χ1v) is 10.2. The van der Waals surface area contributed by atoms with E-state index in [4.69, 9.17) is 0 Å². The summed E-state index contributed by atoms with van der Waals surface area (Å²) >= 11 is 0. The van der Waals surface area contributed by atoms with Crippen LogP contribution in [0.25, 0.3) is 0 Å². The molecule has 138 valence electrons. The number of nitrogens with one attached hydrogen (secondary N) is 1. The monoisotopic (exact) mass is 336 g/mol. The SMILES string of the molecule is O=C(CCN1CCCC(CN2CCCCCC2)C1)N1CCNCC1. The third-order valence-corrected chi connectivity index (χ3v) is 5.93. The second-order valence-corrected chi connectivity index (χ2v) is 7.90. The summed E-state index contributed by atoms with van der Waals surface area (Å²) in [5.74, 6) is 1.16. The minimum atomic E-state index is 0.353. The van der Waals surface area contributed by atoms with Crippen molar-refractivity contribution in [3.05, 3.63) is 0 Å². The molecule has 3 fully saturated rings. The van der Waals surface area contributed by atoms with Crippen molar-refractivity contribution in [3.63, 3.8) is 0 Å². The summed E-state index contributed by atoms with van der Waals surface area (Å²) < 4.78 is 0. The molecule has 3 aliphatic heterocycles. The van der Waals surface area contributed by atoms with E-state index in [0.29, 0.717) is 12.3 Å². The average Bonchev–Trinajstić information content (AvgIpc) is 2.89. The van der Waals surface area contributed by atoms with Crippen LogP contribution in [0.2, 0.25) is 0 Å². The molecule has 1 unspecified atom stereocenters. The molecule has 0 aromatic rings. The van der Waals surface area contributed by atoms with E-state index >= 15 is 0 Å². The van der Waals surface area contributed by atoms with Crippen molar-refractivity contribution in [3.8, 4) is 0 Å². The second kappa shape index (κ2) is 9.73. The minimum absolute atomic E-state index is 0.353. The number of carbonyl (C=O) groups excluding carboxylic acids is 1. The highest BCUT2D eigenvalue weighted by Gasteiger charge is 2.24. The van der Waals surface area contributed by atoms with E-state index in [-0.39, 0.29) is 0 Å². The summed E-state index contributed by atoms with van der Waals surface area (Å²) in [6.07, 6.45) is 8.99. The van der Waals surface area contributed by atoms with Gasteiger partial charge in [-0.2, -0.15) is 0 Å². The van der Waals surface area contributed by atoms with Gasteiger partial charge in [0.1, 0.15) is 0 Å². The smallest absolute Gasteiger partial charge is 0.223 e. The molecule has 0 aliphatic carbocycles. The van der Waals surface area contributed by atoms with E-state index in [9.17, 15) is 4.79 Å². The number of hydrogen-bond donors (Lipinski definition) is 1. The van der Waals surface area contributed by atoms with Crippen LogP contribution in [0.3, 0.4) is 0 Å². The topological polar surface area (TPSA) is 38.8 Å². The Morgan fingerprint density at radius 3 is 2.33 bits per heavy atom. The standard InChI is InChI=1S/C19H36N4O/c24-19(23-14-8-20-9-15-23)7-13-22-12-5-6-18(17-22)16-21-10-3-1-2-4-11-21/h18,20H,1-17H2. The lowest BCUT2D eigenvalue weighted by atomic mass is 9.97. The molecule has 24 heavy (non-hydrogen) atoms. The number of hydrogen-bond acceptors (Lipinski definition) is 4. The van der Waals surface area contributed by atoms with E-state index in [2.05, 4.69) is 15.1 Å². The summed E-state index contributed by atoms with van der Waals surface area (Å²) in [4.78, 5) is 19.6. The van der Waals surface area contributed by atoms with Crippen LogP contribution in [-0.4, -0.2) is 86.1 Å². The zero-order chi connectivity index (χ0) is 16.6. The molecule has 0 spiro atoms. The largest absolute Gasteiger partial charge is 0.340 e. The third-order valence-electron chi connectivity index (χ3n) is 5.93. The Morgan fingerprint density at radius 1 is 0.875 bits per heavy atom. The van der Waals surface area contributed by atoms with Gasteiger partial charge in [0.2, 0.25) is 5.91 Å². The van der Waals surface area contributed by atoms with Crippen molar-refractivity contribution in [2.75, 3.05) is 65.4 Å². The number of piperazine rings is 1. The van der Waals surface area contributed by atoms with Crippen molar-refractivity contribution in [2.24, 2.45) is 5.92 Å². The molecule has 3 rings (SSSR count). The summed E-state index contributed by atoms with van der Waals surface area (Å²) in [6.45, 7) is 10.9. The predicted octanol–water partition coefficient (Wildman–Crippen LogP) is 1.40. The van der Waals surface area contributed by atoms with Gasteiger partial charge in [0.25, 0.3) is 0 Å². The van der Waals surface area contributed by atoms with E-state index in [1.807, 2.05) is 4.90 Å². The fourth-order valence-corrected chi connectivity index (χ4v) is 4.51. The number of likely N-dealkylation sites (tertiary alicyclic amines) is 2. The van der Waals surface area contributed by atoms with Gasteiger partial charge in [-0.25, -0.2) is 0 Å². The first kappa shape index (κ1) is 18.2. The third kappa shape index (κ3) is 5.71. The van der Waals surface area contributed by atoms with Gasteiger partial charge in [-0.15, -0.1) is 0 Å². The molecular weight excluding hydrogens is 300 g/mol. The average molecular weight is 337 g/mol. The van der Waals surface area contributed by atoms with Crippen LogP contribution in [0.15, 0.2) is 0 Å². The number of amides is 1. The summed E-state index contributed by atoms with van der Waals surface area (Å²) in [5.41, 5.74) is 0. The van der Waals surface area contributed by atoms with Crippen LogP contribution in [0, 0.1) is 5.92 Å². The molecule has 3 heterocycles. The second-order valence-electron chi connectivity index (χ2n) is 7.90. The quantitative estimate of drug-likeness (QED) is 0.824. The van der Waals surface area contributed by atoms with Gasteiger partial charge in [-0.05, 0) is 51.2 Å². The van der Waals surface area contributed by atoms with E-state index in [1.165, 1.54) is 71.2 Å². The van der Waals surface area contributed by atoms with Gasteiger partial charge < -0.3 is 20.0 Å². The Balaban J connectivity index is 1.37. The highest BCUT2D eigenvalue weighted by molar-refractivity contribution is 5.76. The molecule has 0 saturated carbocycles. The zero-order valence-corrected chi connectivity index (χ0v) is 15.3. The first-order chi connectivity index (χ1) is 11.8. The molecule has 3 aliphatic rings. The molecule has 1 N–H and O–H groups in total.